The first-order chi connectivity index (χ1) is 10.1. The largest absolute Gasteiger partial charge is 0.389 e. The Labute approximate surface area is 130 Å². The van der Waals surface area contributed by atoms with Gasteiger partial charge in [-0.2, -0.15) is 5.10 Å². The van der Waals surface area contributed by atoms with Gasteiger partial charge in [0.15, 0.2) is 0 Å². The number of aryl methyl sites for hydroxylation is 2. The smallest absolute Gasteiger partial charge is 0.137 e. The lowest BCUT2D eigenvalue weighted by molar-refractivity contribution is 0.0209. The number of nitrogens with zero attached hydrogens (tertiary/aromatic N) is 4. The normalized spacial score (nSPS) is 23.7. The average molecular weight is 309 g/mol. The first-order valence-electron chi connectivity index (χ1n) is 7.48. The SMILES string of the molecule is Cc1nn(C)c(N2CCC(N3CCOCC3)C2)c1C(N)=S. The number of anilines is 1. The van der Waals surface area contributed by atoms with E-state index < -0.39 is 0 Å². The summed E-state index contributed by atoms with van der Waals surface area (Å²) in [7, 11) is 1.96. The molecule has 0 radical (unpaired) electrons. The highest BCUT2D eigenvalue weighted by Gasteiger charge is 2.32. The number of thiocarbonyl (C=S) groups is 1. The van der Waals surface area contributed by atoms with E-state index in [0.717, 1.165) is 56.5 Å². The first kappa shape index (κ1) is 14.7. The predicted octanol–water partition coefficient (Wildman–Crippen LogP) is 0.274. The van der Waals surface area contributed by atoms with Gasteiger partial charge in [-0.15, -0.1) is 0 Å². The molecule has 3 heterocycles. The van der Waals surface area contributed by atoms with Crippen LogP contribution in [0.25, 0.3) is 0 Å². The second kappa shape index (κ2) is 5.90. The Morgan fingerprint density at radius 3 is 2.71 bits per heavy atom. The van der Waals surface area contributed by atoms with Crippen LogP contribution in [0.1, 0.15) is 17.7 Å². The second-order valence-corrected chi connectivity index (χ2v) is 6.25. The lowest BCUT2D eigenvalue weighted by Crippen LogP contribution is -2.44. The van der Waals surface area contributed by atoms with Crippen LogP contribution in [0.2, 0.25) is 0 Å². The third-order valence-electron chi connectivity index (χ3n) is 4.46. The number of morpholine rings is 1. The Bertz CT molecular complexity index is 538. The van der Waals surface area contributed by atoms with Crippen LogP contribution in [0, 0.1) is 6.92 Å². The van der Waals surface area contributed by atoms with Crippen LogP contribution in [0.15, 0.2) is 0 Å². The molecule has 0 aliphatic carbocycles. The summed E-state index contributed by atoms with van der Waals surface area (Å²) in [6.07, 6.45) is 1.17. The van der Waals surface area contributed by atoms with Crippen molar-refractivity contribution in [3.63, 3.8) is 0 Å². The molecule has 0 spiro atoms. The van der Waals surface area contributed by atoms with E-state index in [1.807, 2.05) is 18.7 Å². The molecule has 2 saturated heterocycles. The number of hydrogen-bond acceptors (Lipinski definition) is 5. The molecule has 1 aromatic rings. The maximum absolute atomic E-state index is 5.90. The van der Waals surface area contributed by atoms with Crippen molar-refractivity contribution in [2.24, 2.45) is 12.8 Å². The fourth-order valence-electron chi connectivity index (χ4n) is 3.47. The van der Waals surface area contributed by atoms with Gasteiger partial charge in [-0.3, -0.25) is 9.58 Å². The molecule has 2 aliphatic rings. The van der Waals surface area contributed by atoms with Gasteiger partial charge in [0.2, 0.25) is 0 Å². The number of aromatic nitrogens is 2. The lowest BCUT2D eigenvalue weighted by atomic mass is 10.2. The third kappa shape index (κ3) is 2.77. The molecular formula is C14H23N5OS. The fourth-order valence-corrected chi connectivity index (χ4v) is 3.71. The van der Waals surface area contributed by atoms with E-state index in [1.54, 1.807) is 0 Å². The highest BCUT2D eigenvalue weighted by atomic mass is 32.1. The van der Waals surface area contributed by atoms with Crippen molar-refractivity contribution in [3.8, 4) is 0 Å². The third-order valence-corrected chi connectivity index (χ3v) is 4.67. The Morgan fingerprint density at radius 2 is 2.05 bits per heavy atom. The van der Waals surface area contributed by atoms with E-state index in [2.05, 4.69) is 14.9 Å². The summed E-state index contributed by atoms with van der Waals surface area (Å²) in [4.78, 5) is 5.34. The van der Waals surface area contributed by atoms with E-state index >= 15 is 0 Å². The van der Waals surface area contributed by atoms with Gasteiger partial charge in [-0.05, 0) is 13.3 Å². The Hall–Kier alpha value is -1.18. The molecular weight excluding hydrogens is 286 g/mol. The maximum atomic E-state index is 5.90. The molecule has 7 heteroatoms. The Kier molecular flexibility index (Phi) is 4.14. The van der Waals surface area contributed by atoms with Crippen LogP contribution in [-0.4, -0.2) is 65.1 Å². The minimum atomic E-state index is 0.436. The minimum absolute atomic E-state index is 0.436. The minimum Gasteiger partial charge on any atom is -0.389 e. The highest BCUT2D eigenvalue weighted by Crippen LogP contribution is 2.28. The molecule has 0 aromatic carbocycles. The topological polar surface area (TPSA) is 59.5 Å². The molecule has 0 amide bonds. The molecule has 21 heavy (non-hydrogen) atoms. The standard InChI is InChI=1S/C14H23N5OS/c1-10-12(13(15)21)14(17(2)16-10)19-4-3-11(9-19)18-5-7-20-8-6-18/h11H,3-9H2,1-2H3,(H2,15,21). The van der Waals surface area contributed by atoms with E-state index in [4.69, 9.17) is 22.7 Å². The molecule has 2 fully saturated rings. The summed E-state index contributed by atoms with van der Waals surface area (Å²) in [6.45, 7) is 7.76. The maximum Gasteiger partial charge on any atom is 0.137 e. The van der Waals surface area contributed by atoms with Gasteiger partial charge in [0, 0.05) is 39.3 Å². The van der Waals surface area contributed by atoms with Crippen LogP contribution in [0.4, 0.5) is 5.82 Å². The number of ether oxygens (including phenoxy) is 1. The average Bonchev–Trinajstić information content (AvgIpc) is 3.04. The van der Waals surface area contributed by atoms with Crippen molar-refractivity contribution in [2.45, 2.75) is 19.4 Å². The van der Waals surface area contributed by atoms with Crippen molar-refractivity contribution < 1.29 is 4.74 Å². The molecule has 2 aliphatic heterocycles. The van der Waals surface area contributed by atoms with Crippen LogP contribution in [0.3, 0.4) is 0 Å². The van der Waals surface area contributed by atoms with Gasteiger partial charge in [-0.25, -0.2) is 0 Å². The van der Waals surface area contributed by atoms with Crippen LogP contribution in [-0.2, 0) is 11.8 Å². The van der Waals surface area contributed by atoms with E-state index in [-0.39, 0.29) is 0 Å². The summed E-state index contributed by atoms with van der Waals surface area (Å²) < 4.78 is 7.35. The zero-order chi connectivity index (χ0) is 15.0. The zero-order valence-electron chi connectivity index (χ0n) is 12.7. The van der Waals surface area contributed by atoms with Gasteiger partial charge >= 0.3 is 0 Å². The highest BCUT2D eigenvalue weighted by molar-refractivity contribution is 7.80. The van der Waals surface area contributed by atoms with Gasteiger partial charge < -0.3 is 15.4 Å². The van der Waals surface area contributed by atoms with Crippen molar-refractivity contribution in [2.75, 3.05) is 44.3 Å². The van der Waals surface area contributed by atoms with Crippen molar-refractivity contribution in [1.82, 2.24) is 14.7 Å². The summed E-state index contributed by atoms with van der Waals surface area (Å²) >= 11 is 5.21. The van der Waals surface area contributed by atoms with Gasteiger partial charge in [0.25, 0.3) is 0 Å². The summed E-state index contributed by atoms with van der Waals surface area (Å²) in [5.41, 5.74) is 7.74. The predicted molar refractivity (Wildman–Crippen MR) is 86.8 cm³/mol. The van der Waals surface area contributed by atoms with Crippen molar-refractivity contribution >= 4 is 23.0 Å². The van der Waals surface area contributed by atoms with Crippen molar-refractivity contribution in [1.29, 1.82) is 0 Å². The second-order valence-electron chi connectivity index (χ2n) is 5.81. The van der Waals surface area contributed by atoms with E-state index in [1.165, 1.54) is 6.42 Å². The van der Waals surface area contributed by atoms with Crippen molar-refractivity contribution in [3.05, 3.63) is 11.3 Å². The van der Waals surface area contributed by atoms with E-state index in [0.29, 0.717) is 11.0 Å². The van der Waals surface area contributed by atoms with Gasteiger partial charge in [0.1, 0.15) is 10.8 Å². The van der Waals surface area contributed by atoms with Gasteiger partial charge in [-0.1, -0.05) is 12.2 Å². The molecule has 1 atom stereocenters. The molecule has 6 nitrogen and oxygen atoms in total. The molecule has 1 aromatic heterocycles. The summed E-state index contributed by atoms with van der Waals surface area (Å²) in [6, 6.07) is 0.586. The first-order valence-corrected chi connectivity index (χ1v) is 7.89. The lowest BCUT2D eigenvalue weighted by Gasteiger charge is -2.32. The van der Waals surface area contributed by atoms with Crippen LogP contribution in [0.5, 0.6) is 0 Å². The molecule has 0 saturated carbocycles. The summed E-state index contributed by atoms with van der Waals surface area (Å²) in [5, 5.41) is 4.49. The molecule has 0 bridgehead atoms. The Morgan fingerprint density at radius 1 is 1.33 bits per heavy atom. The molecule has 1 unspecified atom stereocenters. The van der Waals surface area contributed by atoms with E-state index in [9.17, 15) is 0 Å². The van der Waals surface area contributed by atoms with Gasteiger partial charge in [0.05, 0.1) is 24.5 Å². The number of rotatable bonds is 3. The molecule has 3 rings (SSSR count). The molecule has 116 valence electrons. The Balaban J connectivity index is 1.78. The number of hydrogen-bond donors (Lipinski definition) is 1. The fraction of sp³-hybridized carbons (Fsp3) is 0.714. The van der Waals surface area contributed by atoms with Crippen LogP contribution >= 0.6 is 12.2 Å². The molecule has 2 N–H and O–H groups in total. The summed E-state index contributed by atoms with van der Waals surface area (Å²) in [5.74, 6) is 1.07. The number of nitrogens with two attached hydrogens (primary N) is 1. The van der Waals surface area contributed by atoms with Crippen LogP contribution < -0.4 is 10.6 Å². The monoisotopic (exact) mass is 309 g/mol. The zero-order valence-corrected chi connectivity index (χ0v) is 13.5. The quantitative estimate of drug-likeness (QED) is 0.809.